The molecule has 246 valence electrons. The summed E-state index contributed by atoms with van der Waals surface area (Å²) >= 11 is 0. The minimum atomic E-state index is 0.268. The number of rotatable bonds is 8. The molecule has 0 aliphatic rings. The van der Waals surface area contributed by atoms with Crippen molar-refractivity contribution >= 4 is 0 Å². The van der Waals surface area contributed by atoms with E-state index in [-0.39, 0.29) is 5.75 Å². The van der Waals surface area contributed by atoms with Crippen molar-refractivity contribution in [1.82, 2.24) is 0 Å². The van der Waals surface area contributed by atoms with Crippen LogP contribution in [0.5, 0.6) is 11.5 Å². The van der Waals surface area contributed by atoms with Crippen molar-refractivity contribution in [2.75, 3.05) is 0 Å². The topological polar surface area (TPSA) is 29.5 Å². The Balaban J connectivity index is 1.40. The zero-order valence-electron chi connectivity index (χ0n) is 29.4. The number of aryl methyl sites for hydroxylation is 5. The third kappa shape index (κ3) is 6.97. The highest BCUT2D eigenvalue weighted by Gasteiger charge is 2.19. The first-order chi connectivity index (χ1) is 24.2. The molecule has 2 heteroatoms. The molecule has 0 saturated heterocycles. The van der Waals surface area contributed by atoms with Gasteiger partial charge in [0.05, 0.1) is 0 Å². The lowest BCUT2D eigenvalue weighted by Crippen LogP contribution is -2.01. The molecule has 0 fully saturated rings. The predicted octanol–water partition coefficient (Wildman–Crippen LogP) is 12.8. The molecule has 0 amide bonds. The predicted molar refractivity (Wildman–Crippen MR) is 210 cm³/mol. The van der Waals surface area contributed by atoms with Crippen molar-refractivity contribution < 1.29 is 9.84 Å². The summed E-state index contributed by atoms with van der Waals surface area (Å²) in [5.41, 5.74) is 17.0. The van der Waals surface area contributed by atoms with Gasteiger partial charge in [0.15, 0.2) is 0 Å². The quantitative estimate of drug-likeness (QED) is 0.177. The molecule has 0 atom stereocenters. The number of aromatic hydroxyl groups is 1. The SMILES string of the molecule is Cc1ccc(-c2cc(-c3ccc(C)cc3)c(OCc3cc(-c4ccc(C)cc4)c(O)c(-c4ccc(C)cc4)c3)c(-c3ccc(C)cc3)c2)cc1. The van der Waals surface area contributed by atoms with Crippen LogP contribution in [0.15, 0.2) is 146 Å². The van der Waals surface area contributed by atoms with Crippen LogP contribution < -0.4 is 4.74 Å². The Morgan fingerprint density at radius 2 is 0.660 bits per heavy atom. The molecule has 50 heavy (non-hydrogen) atoms. The Labute approximate surface area is 296 Å². The molecule has 1 N–H and O–H groups in total. The summed E-state index contributed by atoms with van der Waals surface area (Å²) in [6, 6.07) is 51.3. The summed E-state index contributed by atoms with van der Waals surface area (Å²) in [6.07, 6.45) is 0. The van der Waals surface area contributed by atoms with Gasteiger partial charge in [-0.15, -0.1) is 0 Å². The maximum absolute atomic E-state index is 11.7. The van der Waals surface area contributed by atoms with E-state index in [0.29, 0.717) is 6.61 Å². The highest BCUT2D eigenvalue weighted by atomic mass is 16.5. The van der Waals surface area contributed by atoms with Gasteiger partial charge in [0, 0.05) is 22.3 Å². The standard InChI is InChI=1S/C48H42O2/c1-31-6-16-37(17-7-31)42-28-45(40-22-12-34(4)13-23-40)48(46(29-42)41-24-14-35(5)15-25-41)50-30-36-26-43(38-18-8-32(2)9-19-38)47(49)44(27-36)39-20-10-33(3)11-21-39/h6-29,49H,30H2,1-5H3. The van der Waals surface area contributed by atoms with Gasteiger partial charge in [0.1, 0.15) is 18.1 Å². The molecular formula is C48H42O2. The molecule has 0 aliphatic carbocycles. The molecule has 2 nitrogen and oxygen atoms in total. The van der Waals surface area contributed by atoms with Crippen LogP contribution in [0.25, 0.3) is 55.6 Å². The zero-order chi connectivity index (χ0) is 34.8. The Bertz CT molecular complexity index is 2130. The fourth-order valence-corrected chi connectivity index (χ4v) is 6.43. The van der Waals surface area contributed by atoms with Gasteiger partial charge in [-0.1, -0.05) is 149 Å². The lowest BCUT2D eigenvalue weighted by Gasteiger charge is -2.20. The van der Waals surface area contributed by atoms with E-state index < -0.39 is 0 Å². The molecular weight excluding hydrogens is 609 g/mol. The van der Waals surface area contributed by atoms with E-state index in [2.05, 4.69) is 180 Å². The van der Waals surface area contributed by atoms with Crippen molar-refractivity contribution in [1.29, 1.82) is 0 Å². The molecule has 0 heterocycles. The van der Waals surface area contributed by atoms with Crippen LogP contribution in [0.3, 0.4) is 0 Å². The number of hydrogen-bond acceptors (Lipinski definition) is 2. The van der Waals surface area contributed by atoms with E-state index >= 15 is 0 Å². The molecule has 7 aromatic carbocycles. The summed E-state index contributed by atoms with van der Waals surface area (Å²) < 4.78 is 7.01. The minimum absolute atomic E-state index is 0.268. The first-order valence-corrected chi connectivity index (χ1v) is 17.2. The molecule has 0 unspecified atom stereocenters. The molecule has 0 aromatic heterocycles. The van der Waals surface area contributed by atoms with Gasteiger partial charge >= 0.3 is 0 Å². The largest absolute Gasteiger partial charge is 0.507 e. The van der Waals surface area contributed by atoms with Gasteiger partial charge in [-0.05, 0) is 97.8 Å². The summed E-state index contributed by atoms with van der Waals surface area (Å²) in [5, 5.41) is 11.7. The van der Waals surface area contributed by atoms with E-state index in [0.717, 1.165) is 66.9 Å². The Morgan fingerprint density at radius 3 is 1.00 bits per heavy atom. The van der Waals surface area contributed by atoms with Crippen LogP contribution in [0.4, 0.5) is 0 Å². The molecule has 0 radical (unpaired) electrons. The lowest BCUT2D eigenvalue weighted by molar-refractivity contribution is 0.309. The van der Waals surface area contributed by atoms with Crippen LogP contribution in [0, 0.1) is 34.6 Å². The second-order valence-corrected chi connectivity index (χ2v) is 13.6. The number of phenols is 1. The summed E-state index contributed by atoms with van der Waals surface area (Å²) in [4.78, 5) is 0. The van der Waals surface area contributed by atoms with Crippen molar-refractivity contribution in [2.24, 2.45) is 0 Å². The molecule has 7 rings (SSSR count). The van der Waals surface area contributed by atoms with Crippen LogP contribution >= 0.6 is 0 Å². The zero-order valence-corrected chi connectivity index (χ0v) is 29.4. The highest BCUT2D eigenvalue weighted by molar-refractivity contribution is 5.88. The average molecular weight is 651 g/mol. The number of hydrogen-bond donors (Lipinski definition) is 1. The average Bonchev–Trinajstić information content (AvgIpc) is 3.13. The van der Waals surface area contributed by atoms with E-state index in [4.69, 9.17) is 4.74 Å². The summed E-state index contributed by atoms with van der Waals surface area (Å²) in [6.45, 7) is 10.8. The van der Waals surface area contributed by atoms with Crippen molar-refractivity contribution in [3.05, 3.63) is 179 Å². The first kappa shape index (κ1) is 32.7. The molecule has 0 aliphatic heterocycles. The molecule has 0 saturated carbocycles. The maximum atomic E-state index is 11.7. The normalized spacial score (nSPS) is 11.1. The fourth-order valence-electron chi connectivity index (χ4n) is 6.43. The van der Waals surface area contributed by atoms with Gasteiger partial charge in [-0.25, -0.2) is 0 Å². The second-order valence-electron chi connectivity index (χ2n) is 13.6. The fraction of sp³-hybridized carbons (Fsp3) is 0.125. The van der Waals surface area contributed by atoms with Gasteiger partial charge in [0.2, 0.25) is 0 Å². The van der Waals surface area contributed by atoms with E-state index in [1.165, 1.54) is 27.8 Å². The third-order valence-electron chi connectivity index (χ3n) is 9.48. The molecule has 7 aromatic rings. The van der Waals surface area contributed by atoms with E-state index in [9.17, 15) is 5.11 Å². The maximum Gasteiger partial charge on any atom is 0.135 e. The Kier molecular flexibility index (Phi) is 9.11. The third-order valence-corrected chi connectivity index (χ3v) is 9.48. The van der Waals surface area contributed by atoms with Crippen LogP contribution in [0.2, 0.25) is 0 Å². The van der Waals surface area contributed by atoms with Crippen LogP contribution in [-0.2, 0) is 6.61 Å². The van der Waals surface area contributed by atoms with Crippen LogP contribution in [0.1, 0.15) is 33.4 Å². The number of benzene rings is 7. The highest BCUT2D eigenvalue weighted by Crippen LogP contribution is 2.44. The van der Waals surface area contributed by atoms with Crippen molar-refractivity contribution in [3.8, 4) is 67.1 Å². The van der Waals surface area contributed by atoms with Gasteiger partial charge in [-0.3, -0.25) is 0 Å². The minimum Gasteiger partial charge on any atom is -0.507 e. The molecule has 0 bridgehead atoms. The summed E-state index contributed by atoms with van der Waals surface area (Å²) in [7, 11) is 0. The smallest absolute Gasteiger partial charge is 0.135 e. The van der Waals surface area contributed by atoms with Crippen molar-refractivity contribution in [3.63, 3.8) is 0 Å². The summed E-state index contributed by atoms with van der Waals surface area (Å²) in [5.74, 6) is 1.10. The van der Waals surface area contributed by atoms with Gasteiger partial charge < -0.3 is 9.84 Å². The first-order valence-electron chi connectivity index (χ1n) is 17.2. The van der Waals surface area contributed by atoms with E-state index in [1.54, 1.807) is 0 Å². The molecule has 0 spiro atoms. The number of ether oxygens (including phenoxy) is 1. The van der Waals surface area contributed by atoms with Crippen LogP contribution in [-0.4, -0.2) is 5.11 Å². The monoisotopic (exact) mass is 650 g/mol. The lowest BCUT2D eigenvalue weighted by atomic mass is 9.91. The van der Waals surface area contributed by atoms with Crippen molar-refractivity contribution in [2.45, 2.75) is 41.2 Å². The van der Waals surface area contributed by atoms with Gasteiger partial charge in [-0.2, -0.15) is 0 Å². The second kappa shape index (κ2) is 13.9. The number of phenolic OH excluding ortho intramolecular Hbond substituents is 1. The van der Waals surface area contributed by atoms with Gasteiger partial charge in [0.25, 0.3) is 0 Å². The van der Waals surface area contributed by atoms with E-state index in [1.807, 2.05) is 0 Å². The Morgan fingerprint density at radius 1 is 0.360 bits per heavy atom. The Hall–Kier alpha value is -5.86.